The second kappa shape index (κ2) is 5.63. The molecule has 1 N–H and O–H groups in total. The van der Waals surface area contributed by atoms with E-state index in [0.29, 0.717) is 12.3 Å². The number of hydrogen-bond acceptors (Lipinski definition) is 3. The Balaban J connectivity index is 2.49. The Morgan fingerprint density at radius 3 is 2.40 bits per heavy atom. The Kier molecular flexibility index (Phi) is 4.45. The van der Waals surface area contributed by atoms with Crippen LogP contribution in [0.3, 0.4) is 0 Å². The van der Waals surface area contributed by atoms with Crippen LogP contribution in [0.2, 0.25) is 0 Å². The molecule has 5 heteroatoms. The maximum atomic E-state index is 11.8. The average Bonchev–Trinajstić information content (AvgIpc) is 2.16. The van der Waals surface area contributed by atoms with Crippen molar-refractivity contribution in [3.8, 4) is 5.75 Å². The molecule has 0 unspecified atom stereocenters. The van der Waals surface area contributed by atoms with Gasteiger partial charge in [-0.1, -0.05) is 12.1 Å². The Hall–Kier alpha value is -1.20. The maximum Gasteiger partial charge on any atom is 0.272 e. The summed E-state index contributed by atoms with van der Waals surface area (Å²) in [5.41, 5.74) is 0.879. The number of rotatable bonds is 5. The van der Waals surface area contributed by atoms with E-state index in [4.69, 9.17) is 9.94 Å². The molecular weight excluding hydrogens is 204 g/mol. The molecular formula is C10H13F2NO2. The first-order valence-electron chi connectivity index (χ1n) is 4.48. The second-order valence-corrected chi connectivity index (χ2v) is 3.16. The second-order valence-electron chi connectivity index (χ2n) is 3.16. The third-order valence-electron chi connectivity index (χ3n) is 1.71. The Bertz CT molecular complexity index is 288. The van der Waals surface area contributed by atoms with Crippen molar-refractivity contribution in [3.05, 3.63) is 29.8 Å². The zero-order valence-electron chi connectivity index (χ0n) is 8.36. The minimum Gasteiger partial charge on any atom is -0.488 e. The largest absolute Gasteiger partial charge is 0.488 e. The van der Waals surface area contributed by atoms with Gasteiger partial charge in [-0.3, -0.25) is 0 Å². The molecule has 0 aliphatic carbocycles. The number of hydrogen-bond donors (Lipinski definition) is 1. The number of alkyl halides is 2. The molecule has 1 aromatic rings. The first kappa shape index (κ1) is 11.9. The lowest BCUT2D eigenvalue weighted by atomic mass is 10.2. The predicted molar refractivity (Wildman–Crippen MR) is 51.2 cm³/mol. The average molecular weight is 217 g/mol. The van der Waals surface area contributed by atoms with Gasteiger partial charge >= 0.3 is 0 Å². The number of hydroxylamine groups is 2. The van der Waals surface area contributed by atoms with Gasteiger partial charge in [0.05, 0.1) is 0 Å². The third kappa shape index (κ3) is 4.71. The number of ether oxygens (including phenoxy) is 1. The van der Waals surface area contributed by atoms with Crippen LogP contribution in [0.4, 0.5) is 8.78 Å². The molecule has 0 saturated heterocycles. The first-order valence-corrected chi connectivity index (χ1v) is 4.48. The number of halogens is 2. The van der Waals surface area contributed by atoms with Gasteiger partial charge in [0.2, 0.25) is 0 Å². The summed E-state index contributed by atoms with van der Waals surface area (Å²) in [6.45, 7) is -0.214. The van der Waals surface area contributed by atoms with Gasteiger partial charge in [0.15, 0.2) is 0 Å². The zero-order chi connectivity index (χ0) is 11.3. The maximum absolute atomic E-state index is 11.8. The molecule has 1 rings (SSSR count). The van der Waals surface area contributed by atoms with Gasteiger partial charge in [0, 0.05) is 13.6 Å². The van der Waals surface area contributed by atoms with Crippen LogP contribution >= 0.6 is 0 Å². The molecule has 0 saturated carbocycles. The molecule has 15 heavy (non-hydrogen) atoms. The van der Waals surface area contributed by atoms with Crippen molar-refractivity contribution in [1.29, 1.82) is 0 Å². The molecule has 0 aliphatic rings. The summed E-state index contributed by atoms with van der Waals surface area (Å²) in [6.07, 6.45) is -2.46. The zero-order valence-corrected chi connectivity index (χ0v) is 8.36. The van der Waals surface area contributed by atoms with Gasteiger partial charge in [-0.05, 0) is 17.7 Å². The van der Waals surface area contributed by atoms with E-state index in [-0.39, 0.29) is 0 Å². The van der Waals surface area contributed by atoms with Crippen LogP contribution in [-0.2, 0) is 6.54 Å². The van der Waals surface area contributed by atoms with E-state index in [1.54, 1.807) is 24.3 Å². The van der Waals surface area contributed by atoms with E-state index in [1.165, 1.54) is 7.05 Å². The van der Waals surface area contributed by atoms with E-state index in [2.05, 4.69) is 0 Å². The minimum atomic E-state index is -2.46. The molecule has 0 fully saturated rings. The molecule has 84 valence electrons. The van der Waals surface area contributed by atoms with Crippen molar-refractivity contribution >= 4 is 0 Å². The fraction of sp³-hybridized carbons (Fsp3) is 0.400. The third-order valence-corrected chi connectivity index (χ3v) is 1.71. The Labute approximate surface area is 86.8 Å². The van der Waals surface area contributed by atoms with Crippen LogP contribution in [0.25, 0.3) is 0 Å². The van der Waals surface area contributed by atoms with E-state index < -0.39 is 13.0 Å². The lowest BCUT2D eigenvalue weighted by molar-refractivity contribution is -0.0731. The molecule has 0 atom stereocenters. The van der Waals surface area contributed by atoms with Gasteiger partial charge < -0.3 is 9.94 Å². The van der Waals surface area contributed by atoms with Crippen molar-refractivity contribution in [1.82, 2.24) is 5.06 Å². The molecule has 0 radical (unpaired) electrons. The van der Waals surface area contributed by atoms with Crippen LogP contribution in [0.5, 0.6) is 5.75 Å². The van der Waals surface area contributed by atoms with Crippen molar-refractivity contribution in [2.75, 3.05) is 13.7 Å². The van der Waals surface area contributed by atoms with Crippen molar-refractivity contribution in [2.24, 2.45) is 0 Å². The molecule has 0 aliphatic heterocycles. The monoisotopic (exact) mass is 217 g/mol. The van der Waals surface area contributed by atoms with Crippen LogP contribution in [-0.4, -0.2) is 30.4 Å². The summed E-state index contributed by atoms with van der Waals surface area (Å²) in [5.74, 6) is 0.402. The lowest BCUT2D eigenvalue weighted by Crippen LogP contribution is -2.11. The molecule has 1 aromatic carbocycles. The molecule has 0 aromatic heterocycles. The van der Waals surface area contributed by atoms with E-state index in [0.717, 1.165) is 10.6 Å². The highest BCUT2D eigenvalue weighted by Gasteiger charge is 2.03. The summed E-state index contributed by atoms with van der Waals surface area (Å²) in [4.78, 5) is 0. The summed E-state index contributed by atoms with van der Waals surface area (Å²) < 4.78 is 28.4. The minimum absolute atomic E-state index is 0.384. The van der Waals surface area contributed by atoms with Gasteiger partial charge in [-0.2, -0.15) is 5.06 Å². The van der Waals surface area contributed by atoms with Gasteiger partial charge in [-0.25, -0.2) is 8.78 Å². The standard InChI is InChI=1S/C10H13F2NO2/c1-13(14)6-8-2-4-9(5-3-8)15-7-10(11)12/h2-5,10,14H,6-7H2,1H3. The van der Waals surface area contributed by atoms with E-state index in [1.807, 2.05) is 0 Å². The van der Waals surface area contributed by atoms with Crippen LogP contribution in [0.15, 0.2) is 24.3 Å². The topological polar surface area (TPSA) is 32.7 Å². The van der Waals surface area contributed by atoms with Crippen molar-refractivity contribution in [2.45, 2.75) is 13.0 Å². The number of benzene rings is 1. The van der Waals surface area contributed by atoms with E-state index >= 15 is 0 Å². The fourth-order valence-electron chi connectivity index (χ4n) is 1.11. The Morgan fingerprint density at radius 2 is 1.93 bits per heavy atom. The summed E-state index contributed by atoms with van der Waals surface area (Å²) in [7, 11) is 1.53. The molecule has 0 heterocycles. The molecule has 0 bridgehead atoms. The van der Waals surface area contributed by atoms with Crippen LogP contribution < -0.4 is 4.74 Å². The normalized spacial score (nSPS) is 11.1. The lowest BCUT2D eigenvalue weighted by Gasteiger charge is -2.09. The molecule has 0 spiro atoms. The molecule has 0 amide bonds. The quantitative estimate of drug-likeness (QED) is 0.767. The summed E-state index contributed by atoms with van der Waals surface area (Å²) >= 11 is 0. The fourth-order valence-corrected chi connectivity index (χ4v) is 1.11. The smallest absolute Gasteiger partial charge is 0.272 e. The van der Waals surface area contributed by atoms with Crippen molar-refractivity contribution < 1.29 is 18.7 Å². The van der Waals surface area contributed by atoms with Crippen molar-refractivity contribution in [3.63, 3.8) is 0 Å². The van der Waals surface area contributed by atoms with Gasteiger partial charge in [0.25, 0.3) is 6.43 Å². The van der Waals surface area contributed by atoms with Gasteiger partial charge in [0.1, 0.15) is 12.4 Å². The first-order chi connectivity index (χ1) is 7.08. The highest BCUT2D eigenvalue weighted by molar-refractivity contribution is 5.27. The Morgan fingerprint density at radius 1 is 1.33 bits per heavy atom. The van der Waals surface area contributed by atoms with Crippen LogP contribution in [0, 0.1) is 0 Å². The highest BCUT2D eigenvalue weighted by Crippen LogP contribution is 2.13. The summed E-state index contributed by atoms with van der Waals surface area (Å²) in [6, 6.07) is 6.63. The molecule has 3 nitrogen and oxygen atoms in total. The van der Waals surface area contributed by atoms with Gasteiger partial charge in [-0.15, -0.1) is 0 Å². The van der Waals surface area contributed by atoms with E-state index in [9.17, 15) is 8.78 Å². The highest BCUT2D eigenvalue weighted by atomic mass is 19.3. The predicted octanol–water partition coefficient (Wildman–Crippen LogP) is 2.15. The number of nitrogens with zero attached hydrogens (tertiary/aromatic N) is 1. The SMILES string of the molecule is CN(O)Cc1ccc(OCC(F)F)cc1. The van der Waals surface area contributed by atoms with Crippen LogP contribution in [0.1, 0.15) is 5.56 Å². The summed E-state index contributed by atoms with van der Waals surface area (Å²) in [5, 5.41) is 9.99.